The number of rotatable bonds is 16. The zero-order chi connectivity index (χ0) is 36.5. The Morgan fingerprint density at radius 2 is 1.80 bits per heavy atom. The monoisotopic (exact) mass is 816 g/mol. The number of carbonyl (C=O) groups is 3. The molecule has 4 heterocycles. The van der Waals surface area contributed by atoms with E-state index in [4.69, 9.17) is 30.8 Å². The third-order valence-electron chi connectivity index (χ3n) is 8.59. The lowest BCUT2D eigenvalue weighted by Gasteiger charge is -2.36. The molecule has 0 saturated carbocycles. The van der Waals surface area contributed by atoms with Crippen molar-refractivity contribution < 1.29 is 33.0 Å². The van der Waals surface area contributed by atoms with Crippen molar-refractivity contribution in [1.82, 2.24) is 30.8 Å². The minimum Gasteiger partial charge on any atom is -0.444 e. The summed E-state index contributed by atoms with van der Waals surface area (Å²) < 4.78 is 32.2. The maximum absolute atomic E-state index is 15.3. The van der Waals surface area contributed by atoms with E-state index in [2.05, 4.69) is 42.2 Å². The average Bonchev–Trinajstić information content (AvgIpc) is 3.64. The van der Waals surface area contributed by atoms with Gasteiger partial charge in [-0.1, -0.05) is 18.0 Å². The Hall–Kier alpha value is -2.86. The van der Waals surface area contributed by atoms with E-state index in [1.54, 1.807) is 11.0 Å². The highest BCUT2D eigenvalue weighted by Gasteiger charge is 2.42. The number of benzene rings is 1. The van der Waals surface area contributed by atoms with Crippen LogP contribution in [0, 0.1) is 5.82 Å². The van der Waals surface area contributed by atoms with Crippen molar-refractivity contribution in [1.29, 1.82) is 0 Å². The Labute approximate surface area is 315 Å². The second kappa shape index (κ2) is 18.3. The van der Waals surface area contributed by atoms with Crippen LogP contribution >= 0.6 is 39.3 Å². The second-order valence-electron chi connectivity index (χ2n) is 13.6. The van der Waals surface area contributed by atoms with Crippen LogP contribution in [0.2, 0.25) is 5.02 Å². The van der Waals surface area contributed by atoms with Gasteiger partial charge in [-0.2, -0.15) is 16.7 Å². The molecule has 0 spiro atoms. The topological polar surface area (TPSA) is 159 Å². The molecule has 1 aromatic carbocycles. The van der Waals surface area contributed by atoms with Crippen LogP contribution < -0.4 is 26.2 Å². The summed E-state index contributed by atoms with van der Waals surface area (Å²) in [5.74, 6) is 1.11. The zero-order valence-corrected chi connectivity index (χ0v) is 32.4. The van der Waals surface area contributed by atoms with Gasteiger partial charge in [0.15, 0.2) is 5.82 Å². The summed E-state index contributed by atoms with van der Waals surface area (Å²) in [6.07, 6.45) is 2.83. The van der Waals surface area contributed by atoms with Crippen LogP contribution in [0.1, 0.15) is 46.5 Å². The Morgan fingerprint density at radius 1 is 1.08 bits per heavy atom. The first-order chi connectivity index (χ1) is 24.4. The molecule has 4 N–H and O–H groups in total. The molecule has 0 unspecified atom stereocenters. The summed E-state index contributed by atoms with van der Waals surface area (Å²) in [5.41, 5.74) is -0.472. The fourth-order valence-electron chi connectivity index (χ4n) is 6.09. The maximum Gasteiger partial charge on any atom is 0.410 e. The molecule has 1 aromatic heterocycles. The van der Waals surface area contributed by atoms with Gasteiger partial charge in [-0.15, -0.1) is 0 Å². The molecule has 0 bridgehead atoms. The number of nitrogens with zero attached hydrogens (tertiary/aromatic N) is 4. The average molecular weight is 818 g/mol. The van der Waals surface area contributed by atoms with Crippen molar-refractivity contribution in [3.8, 4) is 0 Å². The quantitative estimate of drug-likeness (QED) is 0.107. The van der Waals surface area contributed by atoms with E-state index >= 15 is 4.39 Å². The molecule has 14 nitrogen and oxygen atoms in total. The van der Waals surface area contributed by atoms with E-state index < -0.39 is 11.4 Å². The molecule has 3 fully saturated rings. The van der Waals surface area contributed by atoms with Gasteiger partial charge in [0.1, 0.15) is 16.9 Å². The molecular weight excluding hydrogens is 771 g/mol. The number of hydrogen-bond acceptors (Lipinski definition) is 11. The first kappa shape index (κ1) is 39.3. The molecule has 3 atom stereocenters. The van der Waals surface area contributed by atoms with Crippen LogP contribution in [0.15, 0.2) is 10.5 Å². The van der Waals surface area contributed by atoms with Crippen molar-refractivity contribution >= 4 is 80.0 Å². The molecule has 18 heteroatoms. The van der Waals surface area contributed by atoms with E-state index in [-0.39, 0.29) is 51.1 Å². The Balaban J connectivity index is 0.975. The van der Waals surface area contributed by atoms with Crippen molar-refractivity contribution in [2.45, 2.75) is 69.4 Å². The number of aromatic nitrogens is 2. The number of nitrogens with one attached hydrogen (secondary N) is 4. The summed E-state index contributed by atoms with van der Waals surface area (Å²) in [4.78, 5) is 49.0. The van der Waals surface area contributed by atoms with Crippen LogP contribution in [0.4, 0.5) is 25.7 Å². The van der Waals surface area contributed by atoms with Gasteiger partial charge in [-0.3, -0.25) is 4.79 Å². The fourth-order valence-corrected chi connectivity index (χ4v) is 8.12. The summed E-state index contributed by atoms with van der Waals surface area (Å²) in [6.45, 7) is 9.50. The number of anilines is 2. The van der Waals surface area contributed by atoms with E-state index in [0.717, 1.165) is 25.0 Å². The first-order valence-corrected chi connectivity index (χ1v) is 19.5. The summed E-state index contributed by atoms with van der Waals surface area (Å²) in [6, 6.07) is 1.98. The Morgan fingerprint density at radius 3 is 2.53 bits per heavy atom. The molecule has 3 aliphatic rings. The predicted octanol–water partition coefficient (Wildman–Crippen LogP) is 4.53. The number of fused-ring (bicyclic) bond motifs is 2. The highest BCUT2D eigenvalue weighted by atomic mass is 79.9. The number of ether oxygens (including phenoxy) is 3. The van der Waals surface area contributed by atoms with Gasteiger partial charge in [0.25, 0.3) is 0 Å². The Kier molecular flexibility index (Phi) is 14.1. The number of thioether (sulfide) groups is 1. The number of unbranched alkanes of at least 4 members (excludes halogenated alkanes) is 1. The maximum atomic E-state index is 15.3. The van der Waals surface area contributed by atoms with Gasteiger partial charge in [-0.05, 0) is 55.6 Å². The number of amides is 4. The Bertz CT molecular complexity index is 1550. The van der Waals surface area contributed by atoms with Crippen LogP contribution in [-0.2, 0) is 19.0 Å². The minimum atomic E-state index is -0.591. The summed E-state index contributed by atoms with van der Waals surface area (Å²) in [5, 5.41) is 13.0. The zero-order valence-electron chi connectivity index (χ0n) is 29.2. The number of hydrogen-bond donors (Lipinski definition) is 4. The normalized spacial score (nSPS) is 20.3. The smallest absolute Gasteiger partial charge is 0.410 e. The predicted molar refractivity (Wildman–Crippen MR) is 199 cm³/mol. The van der Waals surface area contributed by atoms with E-state index in [1.165, 1.54) is 0 Å². The molecule has 3 saturated heterocycles. The van der Waals surface area contributed by atoms with E-state index in [1.807, 2.05) is 37.4 Å². The van der Waals surface area contributed by atoms with Crippen LogP contribution in [-0.4, -0.2) is 127 Å². The molecule has 282 valence electrons. The van der Waals surface area contributed by atoms with Crippen molar-refractivity contribution in [2.24, 2.45) is 0 Å². The van der Waals surface area contributed by atoms with Crippen molar-refractivity contribution in [3.63, 3.8) is 0 Å². The molecule has 3 aliphatic heterocycles. The molecule has 5 rings (SSSR count). The number of piperazine rings is 1. The summed E-state index contributed by atoms with van der Waals surface area (Å²) in [7, 11) is 0. The lowest BCUT2D eigenvalue weighted by Crippen LogP contribution is -2.50. The van der Waals surface area contributed by atoms with E-state index in [9.17, 15) is 14.4 Å². The molecule has 0 radical (unpaired) electrons. The van der Waals surface area contributed by atoms with Crippen molar-refractivity contribution in [2.75, 3.05) is 81.7 Å². The molecule has 51 heavy (non-hydrogen) atoms. The highest BCUT2D eigenvalue weighted by molar-refractivity contribution is 9.10. The van der Waals surface area contributed by atoms with E-state index in [0.29, 0.717) is 88.6 Å². The van der Waals surface area contributed by atoms with Gasteiger partial charge in [0, 0.05) is 62.1 Å². The highest BCUT2D eigenvalue weighted by Crippen LogP contribution is 2.36. The fraction of sp³-hybridized carbons (Fsp3) is 0.667. The standard InChI is InChI=1S/C33H47BrClFN8O6S/c1-33(2,3)50-32(47)44-12-10-43(11-13-44)29-20-18-21(35)25(34)26(36)27(20)40-30(42-29)38-9-15-49-17-16-48-14-8-37-24(45)7-5-4-6-23-28-22(19-51-23)39-31(46)41-28/h18,22-23,28H,4-17,19H2,1-3H3,(H,37,45)(H,38,40,42)(H2,39,41,46)/t22-,23-,28-/m0/s1. The lowest BCUT2D eigenvalue weighted by molar-refractivity contribution is -0.121. The molecule has 2 aromatic rings. The van der Waals surface area contributed by atoms with Gasteiger partial charge in [-0.25, -0.2) is 19.0 Å². The number of halogens is 3. The third kappa shape index (κ3) is 11.1. The SMILES string of the molecule is CC(C)(C)OC(=O)N1CCN(c2nc(NCCOCCOCCNC(=O)CCCC[C@@H]3SC[C@@H]4NC(=O)N[C@@H]43)nc3c(F)c(Br)c(Cl)cc23)CC1. The van der Waals surface area contributed by atoms with Gasteiger partial charge < -0.3 is 45.3 Å². The van der Waals surface area contributed by atoms with Crippen molar-refractivity contribution in [3.05, 3.63) is 21.4 Å². The summed E-state index contributed by atoms with van der Waals surface area (Å²) >= 11 is 11.4. The minimum absolute atomic E-state index is 0.00572. The third-order valence-corrected chi connectivity index (χ3v) is 11.4. The first-order valence-electron chi connectivity index (χ1n) is 17.3. The number of carbonyl (C=O) groups excluding carboxylic acids is 3. The second-order valence-corrected chi connectivity index (χ2v) is 16.0. The van der Waals surface area contributed by atoms with Gasteiger partial charge >= 0.3 is 12.1 Å². The number of urea groups is 1. The lowest BCUT2D eigenvalue weighted by atomic mass is 10.0. The largest absolute Gasteiger partial charge is 0.444 e. The van der Waals surface area contributed by atoms with Crippen LogP contribution in [0.5, 0.6) is 0 Å². The van der Waals surface area contributed by atoms with Gasteiger partial charge in [0.05, 0.1) is 48.0 Å². The van der Waals surface area contributed by atoms with Crippen LogP contribution in [0.25, 0.3) is 10.9 Å². The molecule has 0 aliphatic carbocycles. The van der Waals surface area contributed by atoms with Crippen LogP contribution in [0.3, 0.4) is 0 Å². The molecule has 4 amide bonds. The van der Waals surface area contributed by atoms with Gasteiger partial charge in [0.2, 0.25) is 11.9 Å². The molecular formula is C33H47BrClFN8O6S.